The highest BCUT2D eigenvalue weighted by molar-refractivity contribution is 7.94. The molecule has 112 valence electrons. The van der Waals surface area contributed by atoms with Gasteiger partial charge in [-0.15, -0.1) is 4.33 Å². The Morgan fingerprint density at radius 2 is 1.85 bits per heavy atom. The van der Waals surface area contributed by atoms with Crippen LogP contribution in [0.5, 0.6) is 5.75 Å². The third-order valence-corrected chi connectivity index (χ3v) is 4.02. The molecule has 0 bridgehead atoms. The van der Waals surface area contributed by atoms with E-state index in [-0.39, 0.29) is 0 Å². The van der Waals surface area contributed by atoms with Crippen molar-refractivity contribution < 1.29 is 19.0 Å². The van der Waals surface area contributed by atoms with Crippen LogP contribution in [0.2, 0.25) is 0 Å². The Labute approximate surface area is 124 Å². The molecular weight excluding hydrogens is 276 g/mol. The lowest BCUT2D eigenvalue weighted by Crippen LogP contribution is -2.05. The first-order valence-corrected chi connectivity index (χ1v) is 8.03. The van der Waals surface area contributed by atoms with E-state index in [1.54, 1.807) is 0 Å². The minimum Gasteiger partial charge on any atom is -0.493 e. The summed E-state index contributed by atoms with van der Waals surface area (Å²) >= 11 is 1.15. The van der Waals surface area contributed by atoms with Crippen LogP contribution in [0.25, 0.3) is 0 Å². The SMILES string of the molecule is COOOSCCOc1ccc(C2CCCCC2)cc1. The summed E-state index contributed by atoms with van der Waals surface area (Å²) in [5, 5.41) is 4.28. The van der Waals surface area contributed by atoms with E-state index in [1.807, 2.05) is 0 Å². The van der Waals surface area contributed by atoms with E-state index >= 15 is 0 Å². The first-order chi connectivity index (χ1) is 9.90. The molecule has 5 heteroatoms. The molecule has 1 aromatic carbocycles. The molecule has 1 aliphatic rings. The average Bonchev–Trinajstić information content (AvgIpc) is 2.52. The predicted molar refractivity (Wildman–Crippen MR) is 79.4 cm³/mol. The van der Waals surface area contributed by atoms with Crippen LogP contribution in [0, 0.1) is 0 Å². The summed E-state index contributed by atoms with van der Waals surface area (Å²) < 4.78 is 10.3. The Morgan fingerprint density at radius 1 is 1.10 bits per heavy atom. The van der Waals surface area contributed by atoms with Gasteiger partial charge in [0.05, 0.1) is 19.5 Å². The largest absolute Gasteiger partial charge is 0.493 e. The highest BCUT2D eigenvalue weighted by atomic mass is 32.2. The lowest BCUT2D eigenvalue weighted by atomic mass is 9.84. The summed E-state index contributed by atoms with van der Waals surface area (Å²) in [4.78, 5) is 4.29. The van der Waals surface area contributed by atoms with Gasteiger partial charge in [0.1, 0.15) is 5.75 Å². The summed E-state index contributed by atoms with van der Waals surface area (Å²) in [5.74, 6) is 2.32. The van der Waals surface area contributed by atoms with Gasteiger partial charge in [0.25, 0.3) is 0 Å². The molecular formula is C15H22O4S. The van der Waals surface area contributed by atoms with E-state index in [2.05, 4.69) is 38.5 Å². The van der Waals surface area contributed by atoms with Crippen molar-refractivity contribution >= 4 is 12.0 Å². The molecule has 0 spiro atoms. The van der Waals surface area contributed by atoms with Crippen LogP contribution in [-0.4, -0.2) is 19.5 Å². The number of rotatable bonds is 8. The van der Waals surface area contributed by atoms with Gasteiger partial charge in [-0.25, -0.2) is 4.89 Å². The lowest BCUT2D eigenvalue weighted by Gasteiger charge is -2.22. The van der Waals surface area contributed by atoms with Crippen molar-refractivity contribution in [2.24, 2.45) is 0 Å². The number of hydrogen-bond acceptors (Lipinski definition) is 5. The van der Waals surface area contributed by atoms with Gasteiger partial charge in [0.2, 0.25) is 0 Å². The zero-order valence-corrected chi connectivity index (χ0v) is 12.7. The molecule has 0 N–H and O–H groups in total. The van der Waals surface area contributed by atoms with Crippen LogP contribution >= 0.6 is 12.0 Å². The fourth-order valence-corrected chi connectivity index (χ4v) is 2.86. The molecule has 0 aromatic heterocycles. The van der Waals surface area contributed by atoms with Gasteiger partial charge in [-0.1, -0.05) is 36.4 Å². The van der Waals surface area contributed by atoms with Crippen molar-refractivity contribution in [1.82, 2.24) is 0 Å². The van der Waals surface area contributed by atoms with E-state index in [0.29, 0.717) is 12.4 Å². The Kier molecular flexibility index (Phi) is 7.22. The van der Waals surface area contributed by atoms with E-state index in [1.165, 1.54) is 44.8 Å². The molecule has 1 aromatic rings. The van der Waals surface area contributed by atoms with Crippen LogP contribution < -0.4 is 4.74 Å². The molecule has 20 heavy (non-hydrogen) atoms. The predicted octanol–water partition coefficient (Wildman–Crippen LogP) is 4.27. The molecule has 2 rings (SSSR count). The maximum Gasteiger partial charge on any atom is 0.119 e. The second-order valence-corrected chi connectivity index (χ2v) is 5.66. The average molecular weight is 298 g/mol. The van der Waals surface area contributed by atoms with Crippen molar-refractivity contribution in [2.45, 2.75) is 38.0 Å². The summed E-state index contributed by atoms with van der Waals surface area (Å²) in [5.41, 5.74) is 1.45. The minimum absolute atomic E-state index is 0.570. The van der Waals surface area contributed by atoms with Gasteiger partial charge < -0.3 is 4.74 Å². The smallest absolute Gasteiger partial charge is 0.119 e. The van der Waals surface area contributed by atoms with Crippen LogP contribution in [0.15, 0.2) is 24.3 Å². The zero-order valence-electron chi connectivity index (χ0n) is 11.9. The quantitative estimate of drug-likeness (QED) is 0.310. The topological polar surface area (TPSA) is 36.9 Å². The van der Waals surface area contributed by atoms with Gasteiger partial charge in [-0.05, 0) is 36.5 Å². The molecule has 0 aliphatic heterocycles. The van der Waals surface area contributed by atoms with Crippen molar-refractivity contribution in [3.8, 4) is 5.75 Å². The Bertz CT molecular complexity index is 363. The number of benzene rings is 1. The number of ether oxygens (including phenoxy) is 1. The van der Waals surface area contributed by atoms with Crippen LogP contribution in [-0.2, 0) is 14.3 Å². The van der Waals surface area contributed by atoms with Crippen molar-refractivity contribution in [3.05, 3.63) is 29.8 Å². The van der Waals surface area contributed by atoms with Crippen LogP contribution in [0.1, 0.15) is 43.6 Å². The first-order valence-electron chi connectivity index (χ1n) is 7.12. The summed E-state index contributed by atoms with van der Waals surface area (Å²) in [6.07, 6.45) is 6.78. The maximum atomic E-state index is 5.63. The third-order valence-electron chi connectivity index (χ3n) is 3.54. The molecule has 0 heterocycles. The highest BCUT2D eigenvalue weighted by Crippen LogP contribution is 2.33. The minimum atomic E-state index is 0.570. The molecule has 0 unspecified atom stereocenters. The fraction of sp³-hybridized carbons (Fsp3) is 0.600. The molecule has 0 saturated heterocycles. The van der Waals surface area contributed by atoms with E-state index in [0.717, 1.165) is 23.7 Å². The molecule has 0 amide bonds. The normalized spacial score (nSPS) is 16.2. The van der Waals surface area contributed by atoms with Gasteiger partial charge in [0, 0.05) is 12.0 Å². The molecule has 1 saturated carbocycles. The summed E-state index contributed by atoms with van der Waals surface area (Å²) in [6, 6.07) is 8.51. The number of hydrogen-bond donors (Lipinski definition) is 0. The maximum absolute atomic E-state index is 5.63. The van der Waals surface area contributed by atoms with Gasteiger partial charge in [0.15, 0.2) is 0 Å². The Balaban J connectivity index is 1.68. The second kappa shape index (κ2) is 9.23. The molecule has 4 nitrogen and oxygen atoms in total. The van der Waals surface area contributed by atoms with E-state index < -0.39 is 0 Å². The summed E-state index contributed by atoms with van der Waals surface area (Å²) in [6.45, 7) is 0.570. The standard InChI is InChI=1S/C15H22O4S/c1-16-18-19-20-12-11-17-15-9-7-14(8-10-15)13-5-3-2-4-6-13/h7-10,13H,2-6,11-12H2,1H3. The second-order valence-electron chi connectivity index (χ2n) is 4.88. The van der Waals surface area contributed by atoms with E-state index in [9.17, 15) is 0 Å². The van der Waals surface area contributed by atoms with Crippen molar-refractivity contribution in [2.75, 3.05) is 19.5 Å². The fourth-order valence-electron chi connectivity index (χ4n) is 2.55. The monoisotopic (exact) mass is 298 g/mol. The van der Waals surface area contributed by atoms with Crippen molar-refractivity contribution in [3.63, 3.8) is 0 Å². The highest BCUT2D eigenvalue weighted by Gasteiger charge is 2.15. The van der Waals surface area contributed by atoms with Gasteiger partial charge in [-0.2, -0.15) is 0 Å². The lowest BCUT2D eigenvalue weighted by molar-refractivity contribution is -0.447. The van der Waals surface area contributed by atoms with Gasteiger partial charge >= 0.3 is 0 Å². The zero-order chi connectivity index (χ0) is 14.0. The van der Waals surface area contributed by atoms with Crippen LogP contribution in [0.4, 0.5) is 0 Å². The first kappa shape index (κ1) is 15.6. The Hall–Kier alpha value is -0.750. The van der Waals surface area contributed by atoms with Crippen LogP contribution in [0.3, 0.4) is 0 Å². The molecule has 0 atom stereocenters. The Morgan fingerprint density at radius 3 is 2.55 bits per heavy atom. The van der Waals surface area contributed by atoms with Gasteiger partial charge in [-0.3, -0.25) is 0 Å². The summed E-state index contributed by atoms with van der Waals surface area (Å²) in [7, 11) is 1.39. The molecule has 0 radical (unpaired) electrons. The van der Waals surface area contributed by atoms with Crippen molar-refractivity contribution in [1.29, 1.82) is 0 Å². The van der Waals surface area contributed by atoms with E-state index in [4.69, 9.17) is 4.74 Å². The third kappa shape index (κ3) is 5.32. The molecule has 1 fully saturated rings. The molecule has 1 aliphatic carbocycles.